The van der Waals surface area contributed by atoms with Gasteiger partial charge in [0.25, 0.3) is 0 Å². The SMILES string of the molecule is CC(=O)N1CCO[C@@H](CNC2CC(C)(C)NC(C)(C)C2)C1. The molecule has 0 aromatic rings. The molecular weight excluding hydrogens is 266 g/mol. The summed E-state index contributed by atoms with van der Waals surface area (Å²) < 4.78 is 5.78. The van der Waals surface area contributed by atoms with Crippen molar-refractivity contribution in [3.63, 3.8) is 0 Å². The van der Waals surface area contributed by atoms with Crippen molar-refractivity contribution in [2.45, 2.75) is 70.7 Å². The average molecular weight is 297 g/mol. The second kappa shape index (κ2) is 6.23. The number of rotatable bonds is 3. The number of piperidine rings is 1. The molecule has 2 saturated heterocycles. The Kier molecular flexibility index (Phi) is 4.96. The van der Waals surface area contributed by atoms with Crippen molar-refractivity contribution >= 4 is 5.91 Å². The zero-order chi connectivity index (χ0) is 15.7. The first kappa shape index (κ1) is 16.7. The molecule has 5 heteroatoms. The van der Waals surface area contributed by atoms with Gasteiger partial charge in [0.2, 0.25) is 5.91 Å². The molecule has 2 aliphatic heterocycles. The standard InChI is InChI=1S/C16H31N3O2/c1-12(20)19-6-7-21-14(11-19)10-17-13-8-15(2,3)18-16(4,5)9-13/h13-14,17-18H,6-11H2,1-5H3/t14-/m0/s1. The van der Waals surface area contributed by atoms with Gasteiger partial charge in [-0.2, -0.15) is 0 Å². The highest BCUT2D eigenvalue weighted by Crippen LogP contribution is 2.28. The molecule has 1 atom stereocenters. The number of morpholine rings is 1. The van der Waals surface area contributed by atoms with Crippen LogP contribution in [0.3, 0.4) is 0 Å². The number of ether oxygens (including phenoxy) is 1. The third-order valence-corrected chi connectivity index (χ3v) is 4.41. The van der Waals surface area contributed by atoms with E-state index in [1.165, 1.54) is 0 Å². The van der Waals surface area contributed by atoms with Crippen LogP contribution in [0.4, 0.5) is 0 Å². The van der Waals surface area contributed by atoms with Gasteiger partial charge in [0, 0.05) is 43.7 Å². The minimum absolute atomic E-state index is 0.115. The molecule has 122 valence electrons. The summed E-state index contributed by atoms with van der Waals surface area (Å²) in [7, 11) is 0. The van der Waals surface area contributed by atoms with E-state index in [-0.39, 0.29) is 23.1 Å². The summed E-state index contributed by atoms with van der Waals surface area (Å²) >= 11 is 0. The van der Waals surface area contributed by atoms with E-state index in [9.17, 15) is 4.79 Å². The molecule has 5 nitrogen and oxygen atoms in total. The van der Waals surface area contributed by atoms with Crippen LogP contribution in [0.5, 0.6) is 0 Å². The van der Waals surface area contributed by atoms with Gasteiger partial charge in [0.05, 0.1) is 12.7 Å². The van der Waals surface area contributed by atoms with Crippen molar-refractivity contribution in [2.24, 2.45) is 0 Å². The lowest BCUT2D eigenvalue weighted by molar-refractivity contribution is -0.136. The van der Waals surface area contributed by atoms with Crippen LogP contribution in [-0.4, -0.2) is 60.3 Å². The predicted molar refractivity (Wildman–Crippen MR) is 84.3 cm³/mol. The van der Waals surface area contributed by atoms with Gasteiger partial charge < -0.3 is 20.3 Å². The summed E-state index contributed by atoms with van der Waals surface area (Å²) in [6.07, 6.45) is 2.34. The molecule has 0 spiro atoms. The van der Waals surface area contributed by atoms with Crippen molar-refractivity contribution in [1.29, 1.82) is 0 Å². The summed E-state index contributed by atoms with van der Waals surface area (Å²) in [6.45, 7) is 13.6. The molecule has 0 bridgehead atoms. The van der Waals surface area contributed by atoms with Crippen LogP contribution in [-0.2, 0) is 9.53 Å². The number of carbonyl (C=O) groups excluding carboxylic acids is 1. The molecule has 0 radical (unpaired) electrons. The monoisotopic (exact) mass is 297 g/mol. The predicted octanol–water partition coefficient (Wildman–Crippen LogP) is 1.13. The molecular formula is C16H31N3O2. The maximum atomic E-state index is 11.5. The highest BCUT2D eigenvalue weighted by molar-refractivity contribution is 5.73. The Balaban J connectivity index is 1.83. The Morgan fingerprint density at radius 2 is 1.90 bits per heavy atom. The largest absolute Gasteiger partial charge is 0.373 e. The van der Waals surface area contributed by atoms with Crippen molar-refractivity contribution in [1.82, 2.24) is 15.5 Å². The average Bonchev–Trinajstić information content (AvgIpc) is 2.33. The quantitative estimate of drug-likeness (QED) is 0.820. The second-order valence-electron chi connectivity index (χ2n) is 7.86. The van der Waals surface area contributed by atoms with Gasteiger partial charge in [-0.1, -0.05) is 0 Å². The third kappa shape index (κ3) is 4.94. The first-order valence-electron chi connectivity index (χ1n) is 8.07. The van der Waals surface area contributed by atoms with Gasteiger partial charge >= 0.3 is 0 Å². The molecule has 21 heavy (non-hydrogen) atoms. The summed E-state index contributed by atoms with van der Waals surface area (Å²) in [5.41, 5.74) is 0.302. The topological polar surface area (TPSA) is 53.6 Å². The van der Waals surface area contributed by atoms with E-state index in [1.54, 1.807) is 6.92 Å². The Bertz CT molecular complexity index is 366. The van der Waals surface area contributed by atoms with Gasteiger partial charge in [-0.25, -0.2) is 0 Å². The van der Waals surface area contributed by atoms with E-state index in [4.69, 9.17) is 4.74 Å². The fraction of sp³-hybridized carbons (Fsp3) is 0.938. The summed E-state index contributed by atoms with van der Waals surface area (Å²) in [5, 5.41) is 7.36. The van der Waals surface area contributed by atoms with Crippen LogP contribution in [0.25, 0.3) is 0 Å². The normalized spacial score (nSPS) is 29.4. The molecule has 0 aromatic carbocycles. The second-order valence-corrected chi connectivity index (χ2v) is 7.86. The zero-order valence-corrected chi connectivity index (χ0v) is 14.2. The van der Waals surface area contributed by atoms with Crippen LogP contribution in [0, 0.1) is 0 Å². The van der Waals surface area contributed by atoms with Gasteiger partial charge in [-0.05, 0) is 40.5 Å². The van der Waals surface area contributed by atoms with E-state index >= 15 is 0 Å². The van der Waals surface area contributed by atoms with Crippen molar-refractivity contribution in [3.8, 4) is 0 Å². The lowest BCUT2D eigenvalue weighted by Gasteiger charge is -2.47. The highest BCUT2D eigenvalue weighted by atomic mass is 16.5. The van der Waals surface area contributed by atoms with Crippen molar-refractivity contribution < 1.29 is 9.53 Å². The Hall–Kier alpha value is -0.650. The van der Waals surface area contributed by atoms with Crippen LogP contribution in [0.2, 0.25) is 0 Å². The molecule has 0 unspecified atom stereocenters. The molecule has 2 rings (SSSR count). The molecule has 0 aliphatic carbocycles. The summed E-state index contributed by atoms with van der Waals surface area (Å²) in [5.74, 6) is 0.146. The van der Waals surface area contributed by atoms with E-state index in [0.29, 0.717) is 19.2 Å². The molecule has 2 heterocycles. The Morgan fingerprint density at radius 3 is 2.48 bits per heavy atom. The number of hydrogen-bond donors (Lipinski definition) is 2. The van der Waals surface area contributed by atoms with E-state index < -0.39 is 0 Å². The van der Waals surface area contributed by atoms with Gasteiger partial charge in [0.1, 0.15) is 0 Å². The van der Waals surface area contributed by atoms with Crippen LogP contribution in [0.1, 0.15) is 47.5 Å². The minimum atomic E-state index is 0.115. The van der Waals surface area contributed by atoms with E-state index in [2.05, 4.69) is 38.3 Å². The Labute approximate surface area is 128 Å². The summed E-state index contributed by atoms with van der Waals surface area (Å²) in [4.78, 5) is 13.3. The molecule has 0 aromatic heterocycles. The van der Waals surface area contributed by atoms with E-state index in [0.717, 1.165) is 25.9 Å². The number of nitrogens with one attached hydrogen (secondary N) is 2. The summed E-state index contributed by atoms with van der Waals surface area (Å²) in [6, 6.07) is 0.493. The van der Waals surface area contributed by atoms with E-state index in [1.807, 2.05) is 4.90 Å². The van der Waals surface area contributed by atoms with Crippen molar-refractivity contribution in [2.75, 3.05) is 26.2 Å². The minimum Gasteiger partial charge on any atom is -0.373 e. The molecule has 2 N–H and O–H groups in total. The van der Waals surface area contributed by atoms with Crippen molar-refractivity contribution in [3.05, 3.63) is 0 Å². The third-order valence-electron chi connectivity index (χ3n) is 4.41. The number of nitrogens with zero attached hydrogens (tertiary/aromatic N) is 1. The van der Waals surface area contributed by atoms with Gasteiger partial charge in [-0.15, -0.1) is 0 Å². The molecule has 1 amide bonds. The maximum absolute atomic E-state index is 11.5. The number of carbonyl (C=O) groups is 1. The fourth-order valence-corrected chi connectivity index (χ4v) is 3.89. The smallest absolute Gasteiger partial charge is 0.219 e. The van der Waals surface area contributed by atoms with Crippen LogP contribution >= 0.6 is 0 Å². The first-order chi connectivity index (χ1) is 9.67. The highest BCUT2D eigenvalue weighted by Gasteiger charge is 2.37. The fourth-order valence-electron chi connectivity index (χ4n) is 3.89. The Morgan fingerprint density at radius 1 is 1.29 bits per heavy atom. The number of hydrogen-bond acceptors (Lipinski definition) is 4. The molecule has 2 fully saturated rings. The van der Waals surface area contributed by atoms with Crippen LogP contribution < -0.4 is 10.6 Å². The molecule has 0 saturated carbocycles. The maximum Gasteiger partial charge on any atom is 0.219 e. The first-order valence-corrected chi connectivity index (χ1v) is 8.07. The lowest BCUT2D eigenvalue weighted by Crippen LogP contribution is -2.62. The van der Waals surface area contributed by atoms with Gasteiger partial charge in [0.15, 0.2) is 0 Å². The zero-order valence-electron chi connectivity index (χ0n) is 14.2. The van der Waals surface area contributed by atoms with Gasteiger partial charge in [-0.3, -0.25) is 4.79 Å². The molecule has 2 aliphatic rings. The van der Waals surface area contributed by atoms with Crippen LogP contribution in [0.15, 0.2) is 0 Å². The lowest BCUT2D eigenvalue weighted by atomic mass is 9.79. The number of amides is 1.